The van der Waals surface area contributed by atoms with Gasteiger partial charge in [-0.15, -0.1) is 11.8 Å². The lowest BCUT2D eigenvalue weighted by Gasteiger charge is -2.18. The number of ether oxygens (including phenoxy) is 1. The van der Waals surface area contributed by atoms with Crippen LogP contribution in [-0.4, -0.2) is 24.3 Å². The highest BCUT2D eigenvalue weighted by atomic mass is 32.2. The van der Waals surface area contributed by atoms with Crippen LogP contribution in [0.5, 0.6) is 5.75 Å². The van der Waals surface area contributed by atoms with E-state index in [1.54, 1.807) is 54.6 Å². The van der Waals surface area contributed by atoms with Crippen LogP contribution in [0.2, 0.25) is 0 Å². The van der Waals surface area contributed by atoms with Crippen molar-refractivity contribution in [2.45, 2.75) is 17.1 Å². The lowest BCUT2D eigenvalue weighted by Crippen LogP contribution is -2.30. The van der Waals surface area contributed by atoms with E-state index in [2.05, 4.69) is 16.0 Å². The Kier molecular flexibility index (Phi) is 11.2. The molecule has 0 fully saturated rings. The number of carbonyl (C=O) groups excluding carboxylic acids is 3. The molecule has 1 unspecified atom stereocenters. The van der Waals surface area contributed by atoms with E-state index >= 15 is 0 Å². The fourth-order valence-corrected chi connectivity index (χ4v) is 5.55. The lowest BCUT2D eigenvalue weighted by atomic mass is 10.1. The van der Waals surface area contributed by atoms with E-state index in [1.165, 1.54) is 42.1 Å². The molecule has 5 rings (SSSR count). The summed E-state index contributed by atoms with van der Waals surface area (Å²) in [5.41, 5.74) is 2.87. The third-order valence-corrected chi connectivity index (χ3v) is 8.12. The summed E-state index contributed by atoms with van der Waals surface area (Å²) in [5.74, 6) is -0.898. The molecular weight excluding hydrogens is 614 g/mol. The van der Waals surface area contributed by atoms with E-state index < -0.39 is 22.9 Å². The zero-order valence-corrected chi connectivity index (χ0v) is 26.3. The predicted molar refractivity (Wildman–Crippen MR) is 185 cm³/mol. The number of hydrogen-bond donors (Lipinski definition) is 3. The van der Waals surface area contributed by atoms with Gasteiger partial charge in [0.2, 0.25) is 5.91 Å². The van der Waals surface area contributed by atoms with Crippen LogP contribution in [-0.2, 0) is 9.59 Å². The van der Waals surface area contributed by atoms with Crippen molar-refractivity contribution in [3.8, 4) is 5.75 Å². The highest BCUT2D eigenvalue weighted by Crippen LogP contribution is 2.37. The second kappa shape index (κ2) is 16.1. The minimum absolute atomic E-state index is 0.0148. The quantitative estimate of drug-likeness (QED) is 0.0941. The summed E-state index contributed by atoms with van der Waals surface area (Å²) in [5, 5.41) is 7.93. The molecule has 0 spiro atoms. The average molecular weight is 646 g/mol. The molecule has 5 aromatic rings. The van der Waals surface area contributed by atoms with Crippen LogP contribution in [0, 0.1) is 5.82 Å². The number of rotatable bonds is 12. The first-order valence-corrected chi connectivity index (χ1v) is 15.8. The summed E-state index contributed by atoms with van der Waals surface area (Å²) in [6, 6.07) is 37.9. The number of nitrogens with one attached hydrogen (secondary N) is 3. The highest BCUT2D eigenvalue weighted by Gasteiger charge is 2.23. The number of thioether (sulfide) groups is 1. The summed E-state index contributed by atoms with van der Waals surface area (Å²) in [4.78, 5) is 40.6. The first-order chi connectivity index (χ1) is 22.9. The molecule has 0 aliphatic carbocycles. The summed E-state index contributed by atoms with van der Waals surface area (Å²) < 4.78 is 19.0. The number of benzene rings is 5. The highest BCUT2D eigenvalue weighted by molar-refractivity contribution is 8.00. The maximum Gasteiger partial charge on any atom is 0.272 e. The van der Waals surface area contributed by atoms with Crippen molar-refractivity contribution < 1.29 is 23.5 Å². The topological polar surface area (TPSA) is 96.5 Å². The summed E-state index contributed by atoms with van der Waals surface area (Å²) in [6.45, 7) is 2.47. The second-order valence-corrected chi connectivity index (χ2v) is 11.4. The third-order valence-electron chi connectivity index (χ3n) is 6.85. The molecule has 9 heteroatoms. The zero-order chi connectivity index (χ0) is 33.0. The maximum atomic E-state index is 13.5. The Labute approximate surface area is 276 Å². The third kappa shape index (κ3) is 9.42. The van der Waals surface area contributed by atoms with Gasteiger partial charge in [0, 0.05) is 21.8 Å². The molecule has 7 nitrogen and oxygen atoms in total. The zero-order valence-electron chi connectivity index (χ0n) is 25.5. The fourth-order valence-electron chi connectivity index (χ4n) is 4.53. The standard InChI is InChI=1S/C38H32FN3O4S/c1-2-46-32-21-17-30(18-22-32)41-38(45)35(27-9-5-3-6-10-27)47-33-23-19-31(20-24-33)40-37(44)34(25-26-13-15-29(39)16-14-26)42-36(43)28-11-7-4-8-12-28/h3-25,35H,2H2,1H3,(H,40,44)(H,41,45)(H,42,43)/b34-25-. The first-order valence-electron chi connectivity index (χ1n) is 14.9. The van der Waals surface area contributed by atoms with Crippen LogP contribution in [0.25, 0.3) is 6.08 Å². The number of amides is 3. The molecule has 3 N–H and O–H groups in total. The van der Waals surface area contributed by atoms with Crippen molar-refractivity contribution in [1.29, 1.82) is 0 Å². The van der Waals surface area contributed by atoms with Crippen molar-refractivity contribution in [3.63, 3.8) is 0 Å². The van der Waals surface area contributed by atoms with Crippen LogP contribution < -0.4 is 20.7 Å². The van der Waals surface area contributed by atoms with Gasteiger partial charge in [0.1, 0.15) is 22.5 Å². The van der Waals surface area contributed by atoms with Crippen molar-refractivity contribution in [2.75, 3.05) is 17.2 Å². The normalized spacial score (nSPS) is 11.7. The van der Waals surface area contributed by atoms with E-state index in [0.717, 1.165) is 16.2 Å². The van der Waals surface area contributed by atoms with Gasteiger partial charge in [0.15, 0.2) is 0 Å². The van der Waals surface area contributed by atoms with Gasteiger partial charge in [0.25, 0.3) is 11.8 Å². The first kappa shape index (κ1) is 32.7. The monoisotopic (exact) mass is 645 g/mol. The van der Waals surface area contributed by atoms with E-state index in [4.69, 9.17) is 4.74 Å². The Morgan fingerprint density at radius 1 is 0.745 bits per heavy atom. The van der Waals surface area contributed by atoms with Gasteiger partial charge in [-0.1, -0.05) is 60.7 Å². The van der Waals surface area contributed by atoms with Crippen molar-refractivity contribution in [1.82, 2.24) is 5.32 Å². The Hall–Kier alpha value is -5.67. The Morgan fingerprint density at radius 3 is 1.98 bits per heavy atom. The molecule has 0 radical (unpaired) electrons. The van der Waals surface area contributed by atoms with Gasteiger partial charge >= 0.3 is 0 Å². The van der Waals surface area contributed by atoms with E-state index in [0.29, 0.717) is 29.1 Å². The Balaban J connectivity index is 1.30. The molecule has 0 bridgehead atoms. The molecule has 0 heterocycles. The van der Waals surface area contributed by atoms with E-state index in [9.17, 15) is 18.8 Å². The van der Waals surface area contributed by atoms with Crippen LogP contribution in [0.4, 0.5) is 15.8 Å². The van der Waals surface area contributed by atoms with Crippen LogP contribution >= 0.6 is 11.8 Å². The average Bonchev–Trinajstić information content (AvgIpc) is 3.10. The molecule has 3 amide bonds. The summed E-state index contributed by atoms with van der Waals surface area (Å²) >= 11 is 1.37. The Morgan fingerprint density at radius 2 is 1.34 bits per heavy atom. The summed E-state index contributed by atoms with van der Waals surface area (Å²) in [7, 11) is 0. The van der Waals surface area contributed by atoms with Crippen LogP contribution in [0.15, 0.2) is 144 Å². The minimum Gasteiger partial charge on any atom is -0.494 e. The molecule has 0 saturated heterocycles. The van der Waals surface area contributed by atoms with Crippen LogP contribution in [0.3, 0.4) is 0 Å². The molecule has 5 aromatic carbocycles. The van der Waals surface area contributed by atoms with Crippen LogP contribution in [0.1, 0.15) is 33.7 Å². The van der Waals surface area contributed by atoms with Crippen molar-refractivity contribution >= 4 is 46.9 Å². The number of hydrogen-bond acceptors (Lipinski definition) is 5. The smallest absolute Gasteiger partial charge is 0.272 e. The number of carbonyl (C=O) groups is 3. The van der Waals surface area contributed by atoms with Gasteiger partial charge in [-0.05, 0) is 96.9 Å². The van der Waals surface area contributed by atoms with E-state index in [1.807, 2.05) is 61.5 Å². The molecule has 47 heavy (non-hydrogen) atoms. The molecule has 236 valence electrons. The van der Waals surface area contributed by atoms with E-state index in [-0.39, 0.29) is 11.6 Å². The molecule has 0 aromatic heterocycles. The van der Waals surface area contributed by atoms with Gasteiger partial charge < -0.3 is 20.7 Å². The molecule has 0 saturated carbocycles. The number of anilines is 2. The van der Waals surface area contributed by atoms with Gasteiger partial charge in [-0.3, -0.25) is 14.4 Å². The van der Waals surface area contributed by atoms with Gasteiger partial charge in [-0.2, -0.15) is 0 Å². The molecule has 0 aliphatic rings. The molecular formula is C38H32FN3O4S. The minimum atomic E-state index is -0.559. The largest absolute Gasteiger partial charge is 0.494 e. The Bertz CT molecular complexity index is 1830. The lowest BCUT2D eigenvalue weighted by molar-refractivity contribution is -0.116. The SMILES string of the molecule is CCOc1ccc(NC(=O)C(Sc2ccc(NC(=O)/C(=C/c3ccc(F)cc3)NC(=O)c3ccccc3)cc2)c2ccccc2)cc1. The van der Waals surface area contributed by atoms with Crippen molar-refractivity contribution in [2.24, 2.45) is 0 Å². The summed E-state index contributed by atoms with van der Waals surface area (Å²) in [6.07, 6.45) is 1.48. The second-order valence-electron chi connectivity index (χ2n) is 10.3. The van der Waals surface area contributed by atoms with Gasteiger partial charge in [0.05, 0.1) is 6.61 Å². The fraction of sp³-hybridized carbons (Fsp3) is 0.0789. The molecule has 1 atom stereocenters. The van der Waals surface area contributed by atoms with Gasteiger partial charge in [-0.25, -0.2) is 4.39 Å². The molecule has 0 aliphatic heterocycles. The van der Waals surface area contributed by atoms with Crippen molar-refractivity contribution in [3.05, 3.63) is 162 Å². The predicted octanol–water partition coefficient (Wildman–Crippen LogP) is 8.11. The maximum absolute atomic E-state index is 13.5. The number of halogens is 1.